The number of benzene rings is 4. The highest BCUT2D eigenvalue weighted by molar-refractivity contribution is 6.93. The zero-order valence-electron chi connectivity index (χ0n) is 20.7. The van der Waals surface area contributed by atoms with Crippen molar-refractivity contribution in [3.8, 4) is 11.5 Å². The number of phenols is 1. The molecule has 0 aliphatic carbocycles. The van der Waals surface area contributed by atoms with Crippen molar-refractivity contribution in [3.63, 3.8) is 0 Å². The minimum Gasteiger partial charge on any atom is -0.672 e. The first-order valence-electron chi connectivity index (χ1n) is 12.5. The molecule has 6 heteroatoms. The highest BCUT2D eigenvalue weighted by atomic mass is 16.7. The number of anilines is 1. The maximum atomic E-state index is 10.5. The Kier molecular flexibility index (Phi) is 6.67. The molecular formula is C30H31BN2O3. The molecule has 5 rings (SSSR count). The third-order valence-electron chi connectivity index (χ3n) is 6.78. The molecule has 0 bridgehead atoms. The van der Waals surface area contributed by atoms with E-state index in [1.165, 1.54) is 0 Å². The first-order valence-corrected chi connectivity index (χ1v) is 12.5. The minimum atomic E-state index is -2.15. The Morgan fingerprint density at radius 2 is 1.39 bits per heavy atom. The van der Waals surface area contributed by atoms with Crippen LogP contribution in [0.25, 0.3) is 0 Å². The third kappa shape index (κ3) is 4.54. The van der Waals surface area contributed by atoms with Gasteiger partial charge in [0.25, 0.3) is 0 Å². The van der Waals surface area contributed by atoms with Crippen LogP contribution in [0.1, 0.15) is 25.0 Å². The van der Waals surface area contributed by atoms with Gasteiger partial charge in [0.1, 0.15) is 5.75 Å². The zero-order chi connectivity index (χ0) is 25.0. The SMILES string of the molecule is CCN(CC)c1ccc2c(c1)O[B-](c1ccccc1)(c1ccccc1)O[N+](Cc1ccccc1O)=C2. The number of rotatable bonds is 7. The maximum Gasteiger partial charge on any atom is 0.468 e. The summed E-state index contributed by atoms with van der Waals surface area (Å²) in [7, 11) is 0. The summed E-state index contributed by atoms with van der Waals surface area (Å²) in [5.74, 6) is 0.987. The zero-order valence-corrected chi connectivity index (χ0v) is 20.7. The number of para-hydroxylation sites is 1. The highest BCUT2D eigenvalue weighted by Crippen LogP contribution is 2.30. The number of nitrogens with zero attached hydrogens (tertiary/aromatic N) is 2. The summed E-state index contributed by atoms with van der Waals surface area (Å²) in [6.45, 7) is 4.33. The number of phenolic OH excluding ortho intramolecular Hbond substituents is 1. The van der Waals surface area contributed by atoms with E-state index in [-0.39, 0.29) is 5.75 Å². The summed E-state index contributed by atoms with van der Waals surface area (Å²) in [6.07, 6.45) is 1.96. The van der Waals surface area contributed by atoms with E-state index >= 15 is 0 Å². The fourth-order valence-electron chi connectivity index (χ4n) is 4.85. The monoisotopic (exact) mass is 478 g/mol. The molecule has 36 heavy (non-hydrogen) atoms. The van der Waals surface area contributed by atoms with Gasteiger partial charge in [0.2, 0.25) is 12.8 Å². The van der Waals surface area contributed by atoms with Gasteiger partial charge >= 0.3 is 6.55 Å². The van der Waals surface area contributed by atoms with Gasteiger partial charge in [-0.15, -0.1) is 10.9 Å². The molecule has 0 amide bonds. The number of hydrogen-bond acceptors (Lipinski definition) is 4. The van der Waals surface area contributed by atoms with Crippen molar-refractivity contribution in [1.29, 1.82) is 0 Å². The van der Waals surface area contributed by atoms with E-state index in [4.69, 9.17) is 9.41 Å². The largest absolute Gasteiger partial charge is 0.672 e. The van der Waals surface area contributed by atoms with Crippen molar-refractivity contribution in [1.82, 2.24) is 0 Å². The molecule has 1 N–H and O–H groups in total. The Morgan fingerprint density at radius 3 is 2.00 bits per heavy atom. The van der Waals surface area contributed by atoms with E-state index in [1.54, 1.807) is 10.8 Å². The summed E-state index contributed by atoms with van der Waals surface area (Å²) < 4.78 is 15.6. The van der Waals surface area contributed by atoms with Crippen LogP contribution in [-0.4, -0.2) is 35.7 Å². The molecule has 0 saturated carbocycles. The summed E-state index contributed by atoms with van der Waals surface area (Å²) in [4.78, 5) is 2.30. The van der Waals surface area contributed by atoms with Gasteiger partial charge in [-0.05, 0) is 44.2 Å². The molecule has 5 nitrogen and oxygen atoms in total. The molecule has 0 radical (unpaired) electrons. The Balaban J connectivity index is 1.71. The summed E-state index contributed by atoms with van der Waals surface area (Å²) in [5, 5.41) is 10.5. The lowest BCUT2D eigenvalue weighted by atomic mass is 9.46. The van der Waals surface area contributed by atoms with Gasteiger partial charge in [0, 0.05) is 18.8 Å². The number of hydroxylamine groups is 1. The normalized spacial score (nSPS) is 14.0. The smallest absolute Gasteiger partial charge is 0.468 e. The van der Waals surface area contributed by atoms with Crippen LogP contribution >= 0.6 is 0 Å². The average molecular weight is 478 g/mol. The maximum absolute atomic E-state index is 10.5. The van der Waals surface area contributed by atoms with Crippen molar-refractivity contribution in [3.05, 3.63) is 114 Å². The predicted molar refractivity (Wildman–Crippen MR) is 147 cm³/mol. The Labute approximate surface area is 212 Å². The van der Waals surface area contributed by atoms with Crippen LogP contribution in [0.3, 0.4) is 0 Å². The summed E-state index contributed by atoms with van der Waals surface area (Å²) >= 11 is 0. The summed E-state index contributed by atoms with van der Waals surface area (Å²) in [6, 6.07) is 33.8. The summed E-state index contributed by atoms with van der Waals surface area (Å²) in [5.41, 5.74) is 4.65. The Morgan fingerprint density at radius 1 is 0.778 bits per heavy atom. The second kappa shape index (κ2) is 10.2. The molecule has 0 spiro atoms. The fraction of sp³-hybridized carbons (Fsp3) is 0.167. The molecule has 4 aromatic rings. The van der Waals surface area contributed by atoms with E-state index in [1.807, 2.05) is 85.1 Å². The van der Waals surface area contributed by atoms with Gasteiger partial charge < -0.3 is 19.4 Å². The molecule has 0 saturated heterocycles. The molecule has 1 aliphatic heterocycles. The number of aromatic hydroxyl groups is 1. The second-order valence-corrected chi connectivity index (χ2v) is 8.98. The van der Waals surface area contributed by atoms with E-state index in [0.29, 0.717) is 6.54 Å². The Bertz CT molecular complexity index is 1320. The molecule has 1 aliphatic rings. The molecule has 4 aromatic carbocycles. The standard InChI is InChI=1S/C30H31BN2O3/c1-3-32(4-2)28-20-19-25-23-33(22-24-13-11-12-18-29(24)34)36-31(35-30(25)21-28,26-14-7-5-8-15-26)27-16-9-6-10-17-27/h5-21,23,34H,3-4,22H2,1-2H3. The van der Waals surface area contributed by atoms with Crippen LogP contribution in [-0.2, 0) is 11.3 Å². The van der Waals surface area contributed by atoms with Crippen molar-refractivity contribution >= 4 is 29.4 Å². The first-order chi connectivity index (χ1) is 17.6. The lowest BCUT2D eigenvalue weighted by Crippen LogP contribution is -2.66. The van der Waals surface area contributed by atoms with Crippen molar-refractivity contribution < 1.29 is 19.3 Å². The average Bonchev–Trinajstić information content (AvgIpc) is 3.09. The second-order valence-electron chi connectivity index (χ2n) is 8.98. The number of hydrogen-bond donors (Lipinski definition) is 1. The highest BCUT2D eigenvalue weighted by Gasteiger charge is 2.42. The van der Waals surface area contributed by atoms with Crippen LogP contribution in [0, 0.1) is 0 Å². The fourth-order valence-corrected chi connectivity index (χ4v) is 4.85. The van der Waals surface area contributed by atoms with Gasteiger partial charge in [-0.1, -0.05) is 77.5 Å². The lowest BCUT2D eigenvalue weighted by Gasteiger charge is -2.39. The van der Waals surface area contributed by atoms with Gasteiger partial charge in [0.15, 0.2) is 0 Å². The molecule has 0 unspecified atom stereocenters. The molecule has 0 aromatic heterocycles. The third-order valence-corrected chi connectivity index (χ3v) is 6.78. The van der Waals surface area contributed by atoms with Crippen molar-refractivity contribution in [2.45, 2.75) is 20.4 Å². The van der Waals surface area contributed by atoms with Crippen LogP contribution < -0.4 is 20.5 Å². The van der Waals surface area contributed by atoms with E-state index in [2.05, 4.69) is 36.9 Å². The van der Waals surface area contributed by atoms with Crippen molar-refractivity contribution in [2.75, 3.05) is 18.0 Å². The van der Waals surface area contributed by atoms with E-state index in [0.717, 1.165) is 46.6 Å². The minimum absolute atomic E-state index is 0.231. The van der Waals surface area contributed by atoms with E-state index in [9.17, 15) is 5.11 Å². The molecule has 0 fully saturated rings. The van der Waals surface area contributed by atoms with Crippen molar-refractivity contribution in [2.24, 2.45) is 0 Å². The van der Waals surface area contributed by atoms with Gasteiger partial charge in [-0.2, -0.15) is 0 Å². The molecule has 182 valence electrons. The Hall–Kier alpha value is -4.19. The van der Waals surface area contributed by atoms with Gasteiger partial charge in [-0.25, -0.2) is 0 Å². The molecular weight excluding hydrogens is 447 g/mol. The lowest BCUT2D eigenvalue weighted by molar-refractivity contribution is -0.763. The van der Waals surface area contributed by atoms with Crippen LogP contribution in [0.15, 0.2) is 103 Å². The van der Waals surface area contributed by atoms with Crippen LogP contribution in [0.5, 0.6) is 11.5 Å². The predicted octanol–water partition coefficient (Wildman–Crippen LogP) is 4.45. The topological polar surface area (TPSA) is 44.9 Å². The first kappa shape index (κ1) is 23.6. The molecule has 1 heterocycles. The van der Waals surface area contributed by atoms with Crippen LogP contribution in [0.2, 0.25) is 0 Å². The van der Waals surface area contributed by atoms with Gasteiger partial charge in [-0.3, -0.25) is 0 Å². The number of fused-ring (bicyclic) bond motifs is 1. The quantitative estimate of drug-likeness (QED) is 0.315. The van der Waals surface area contributed by atoms with E-state index < -0.39 is 6.55 Å². The van der Waals surface area contributed by atoms with Crippen LogP contribution in [0.4, 0.5) is 5.69 Å². The molecule has 0 atom stereocenters. The van der Waals surface area contributed by atoms with Gasteiger partial charge in [0.05, 0.1) is 16.9 Å².